The van der Waals surface area contributed by atoms with Crippen molar-refractivity contribution in [3.05, 3.63) is 11.6 Å². The van der Waals surface area contributed by atoms with Crippen LogP contribution in [0.3, 0.4) is 0 Å². The maximum absolute atomic E-state index is 12.8. The van der Waals surface area contributed by atoms with E-state index in [1.54, 1.807) is 14.2 Å². The number of aliphatic hydroxyl groups is 1. The molecule has 0 amide bonds. The number of hydrogen-bond acceptors (Lipinski definition) is 5. The van der Waals surface area contributed by atoms with E-state index in [0.29, 0.717) is 13.0 Å². The number of fused-ring (bicyclic) bond motifs is 1. The van der Waals surface area contributed by atoms with Gasteiger partial charge in [0, 0.05) is 32.1 Å². The van der Waals surface area contributed by atoms with E-state index < -0.39 is 6.10 Å². The van der Waals surface area contributed by atoms with Gasteiger partial charge in [0.05, 0.1) is 31.0 Å². The Morgan fingerprint density at radius 3 is 2.65 bits per heavy atom. The van der Waals surface area contributed by atoms with Gasteiger partial charge >= 0.3 is 0 Å². The predicted octanol–water partition coefficient (Wildman–Crippen LogP) is 1.87. The third kappa shape index (κ3) is 3.68. The second kappa shape index (κ2) is 7.43. The lowest BCUT2D eigenvalue weighted by Crippen LogP contribution is -2.44. The van der Waals surface area contributed by atoms with Crippen LogP contribution in [-0.4, -0.2) is 56.1 Å². The molecular formula is C18H28O5. The number of carbonyl (C=O) groups is 1. The molecule has 1 N–H and O–H groups in total. The van der Waals surface area contributed by atoms with E-state index in [0.717, 1.165) is 37.7 Å². The van der Waals surface area contributed by atoms with Crippen LogP contribution in [0.25, 0.3) is 0 Å². The van der Waals surface area contributed by atoms with Crippen LogP contribution in [0.15, 0.2) is 11.6 Å². The first-order valence-corrected chi connectivity index (χ1v) is 8.72. The molecule has 1 saturated heterocycles. The van der Waals surface area contributed by atoms with Crippen molar-refractivity contribution >= 4 is 5.78 Å². The molecule has 2 saturated carbocycles. The van der Waals surface area contributed by atoms with E-state index in [-0.39, 0.29) is 35.9 Å². The molecule has 0 bridgehead atoms. The molecule has 23 heavy (non-hydrogen) atoms. The number of ether oxygens (including phenoxy) is 3. The van der Waals surface area contributed by atoms with Crippen LogP contribution in [-0.2, 0) is 19.0 Å². The minimum Gasteiger partial charge on any atom is -0.390 e. The highest BCUT2D eigenvalue weighted by atomic mass is 16.5. The third-order valence-electron chi connectivity index (χ3n) is 5.72. The Morgan fingerprint density at radius 1 is 1.13 bits per heavy atom. The number of ketones is 1. The summed E-state index contributed by atoms with van der Waals surface area (Å²) in [4.78, 5) is 12.8. The molecule has 6 unspecified atom stereocenters. The van der Waals surface area contributed by atoms with Gasteiger partial charge in [-0.15, -0.1) is 0 Å². The normalized spacial score (nSPS) is 43.4. The van der Waals surface area contributed by atoms with Gasteiger partial charge in [-0.2, -0.15) is 0 Å². The number of methoxy groups -OCH3 is 2. The molecule has 0 aromatic rings. The molecule has 0 radical (unpaired) electrons. The Morgan fingerprint density at radius 2 is 1.96 bits per heavy atom. The average Bonchev–Trinajstić information content (AvgIpc) is 2.57. The molecule has 1 heterocycles. The van der Waals surface area contributed by atoms with Crippen LogP contribution in [0.4, 0.5) is 0 Å². The van der Waals surface area contributed by atoms with Crippen LogP contribution < -0.4 is 0 Å². The lowest BCUT2D eigenvalue weighted by Gasteiger charge is -2.39. The van der Waals surface area contributed by atoms with Crippen molar-refractivity contribution in [1.29, 1.82) is 0 Å². The van der Waals surface area contributed by atoms with Gasteiger partial charge in [0.1, 0.15) is 0 Å². The quantitative estimate of drug-likeness (QED) is 0.803. The van der Waals surface area contributed by atoms with Gasteiger partial charge in [-0.3, -0.25) is 4.79 Å². The number of rotatable bonds is 3. The lowest BCUT2D eigenvalue weighted by molar-refractivity contribution is -0.137. The topological polar surface area (TPSA) is 65.0 Å². The summed E-state index contributed by atoms with van der Waals surface area (Å²) in [5.74, 6) is 0.478. The number of hydrogen-bond donors (Lipinski definition) is 1. The Balaban J connectivity index is 1.62. The van der Waals surface area contributed by atoms with E-state index >= 15 is 0 Å². The Bertz CT molecular complexity index is 460. The predicted molar refractivity (Wildman–Crippen MR) is 85.1 cm³/mol. The lowest BCUT2D eigenvalue weighted by atomic mass is 9.77. The van der Waals surface area contributed by atoms with Gasteiger partial charge in [-0.25, -0.2) is 0 Å². The molecule has 0 spiro atoms. The standard InChI is InChI=1S/C18H28O5/c1-21-13-4-5-14-17(9-13)23-10-12(18(14)20)7-11-3-6-16(22-2)15(19)8-11/h7,11,13-17,19H,3-6,8-10H2,1-2H3/b12-7+. The van der Waals surface area contributed by atoms with Crippen LogP contribution in [0, 0.1) is 11.8 Å². The highest BCUT2D eigenvalue weighted by Gasteiger charge is 2.40. The summed E-state index contributed by atoms with van der Waals surface area (Å²) < 4.78 is 16.6. The van der Waals surface area contributed by atoms with Crippen molar-refractivity contribution in [2.24, 2.45) is 11.8 Å². The fourth-order valence-corrected chi connectivity index (χ4v) is 4.29. The van der Waals surface area contributed by atoms with E-state index in [2.05, 4.69) is 6.08 Å². The number of Topliss-reactive ketones (excluding diaryl/α,β-unsaturated/α-hetero) is 1. The molecule has 6 atom stereocenters. The van der Waals surface area contributed by atoms with E-state index in [4.69, 9.17) is 14.2 Å². The second-order valence-electron chi connectivity index (χ2n) is 7.10. The SMILES string of the molecule is COC1CCC2C(=O)/C(=C/C3CCC(OC)C(O)C3)COC2C1. The van der Waals surface area contributed by atoms with Crippen molar-refractivity contribution in [2.45, 2.75) is 62.9 Å². The highest BCUT2D eigenvalue weighted by molar-refractivity contribution is 5.98. The largest absolute Gasteiger partial charge is 0.390 e. The Hall–Kier alpha value is -0.750. The van der Waals surface area contributed by atoms with Crippen LogP contribution in [0.2, 0.25) is 0 Å². The summed E-state index contributed by atoms with van der Waals surface area (Å²) in [6.45, 7) is 0.400. The molecule has 0 aromatic carbocycles. The minimum absolute atomic E-state index is 0.00756. The zero-order chi connectivity index (χ0) is 16.4. The summed E-state index contributed by atoms with van der Waals surface area (Å²) in [7, 11) is 3.37. The van der Waals surface area contributed by atoms with Gasteiger partial charge in [0.15, 0.2) is 5.78 Å². The van der Waals surface area contributed by atoms with Crippen LogP contribution in [0.1, 0.15) is 38.5 Å². The molecule has 1 aliphatic heterocycles. The summed E-state index contributed by atoms with van der Waals surface area (Å²) in [6.07, 6.45) is 6.80. The first-order valence-electron chi connectivity index (χ1n) is 8.72. The van der Waals surface area contributed by atoms with Gasteiger partial charge in [-0.05, 0) is 38.0 Å². The molecule has 5 nitrogen and oxygen atoms in total. The van der Waals surface area contributed by atoms with E-state index in [1.807, 2.05) is 0 Å². The first kappa shape index (κ1) is 17.1. The smallest absolute Gasteiger partial charge is 0.166 e. The molecule has 3 aliphatic rings. The first-order chi connectivity index (χ1) is 11.1. The molecule has 3 fully saturated rings. The highest BCUT2D eigenvalue weighted by Crippen LogP contribution is 2.36. The zero-order valence-corrected chi connectivity index (χ0v) is 14.1. The molecule has 0 aromatic heterocycles. The molecule has 5 heteroatoms. The van der Waals surface area contributed by atoms with Crippen molar-refractivity contribution < 1.29 is 24.1 Å². The second-order valence-corrected chi connectivity index (χ2v) is 7.10. The third-order valence-corrected chi connectivity index (χ3v) is 5.72. The molecule has 2 aliphatic carbocycles. The fourth-order valence-electron chi connectivity index (χ4n) is 4.29. The zero-order valence-electron chi connectivity index (χ0n) is 14.1. The summed E-state index contributed by atoms with van der Waals surface area (Å²) in [5, 5.41) is 10.1. The number of allylic oxidation sites excluding steroid dienone is 1. The Kier molecular flexibility index (Phi) is 5.52. The number of carbonyl (C=O) groups excluding carboxylic acids is 1. The van der Waals surface area contributed by atoms with Gasteiger partial charge in [0.2, 0.25) is 0 Å². The Labute approximate surface area is 138 Å². The van der Waals surface area contributed by atoms with Gasteiger partial charge in [-0.1, -0.05) is 6.08 Å². The molecule has 3 rings (SSSR count). The fraction of sp³-hybridized carbons (Fsp3) is 0.833. The minimum atomic E-state index is -0.444. The van der Waals surface area contributed by atoms with Crippen molar-refractivity contribution in [1.82, 2.24) is 0 Å². The van der Waals surface area contributed by atoms with Gasteiger partial charge < -0.3 is 19.3 Å². The van der Waals surface area contributed by atoms with Crippen molar-refractivity contribution in [2.75, 3.05) is 20.8 Å². The summed E-state index contributed by atoms with van der Waals surface area (Å²) in [5.41, 5.74) is 0.801. The monoisotopic (exact) mass is 324 g/mol. The average molecular weight is 324 g/mol. The number of aliphatic hydroxyl groups excluding tert-OH is 1. The molecular weight excluding hydrogens is 296 g/mol. The summed E-state index contributed by atoms with van der Waals surface area (Å²) in [6, 6.07) is 0. The van der Waals surface area contributed by atoms with Crippen LogP contribution in [0.5, 0.6) is 0 Å². The maximum atomic E-state index is 12.8. The molecule has 130 valence electrons. The van der Waals surface area contributed by atoms with Crippen molar-refractivity contribution in [3.8, 4) is 0 Å². The van der Waals surface area contributed by atoms with Crippen molar-refractivity contribution in [3.63, 3.8) is 0 Å². The maximum Gasteiger partial charge on any atom is 0.166 e. The van der Waals surface area contributed by atoms with Gasteiger partial charge in [0.25, 0.3) is 0 Å². The van der Waals surface area contributed by atoms with E-state index in [9.17, 15) is 9.90 Å². The van der Waals surface area contributed by atoms with Crippen LogP contribution >= 0.6 is 0 Å². The summed E-state index contributed by atoms with van der Waals surface area (Å²) >= 11 is 0. The van der Waals surface area contributed by atoms with E-state index in [1.165, 1.54) is 0 Å².